The van der Waals surface area contributed by atoms with Crippen LogP contribution >= 0.6 is 11.8 Å². The predicted octanol–water partition coefficient (Wildman–Crippen LogP) is -0.901. The molecule has 0 radical (unpaired) electrons. The smallest absolute Gasteiger partial charge is 0.326 e. The van der Waals surface area contributed by atoms with Gasteiger partial charge < -0.3 is 5.32 Å². The summed E-state index contributed by atoms with van der Waals surface area (Å²) in [5, 5.41) is 2.35. The van der Waals surface area contributed by atoms with Crippen molar-refractivity contribution in [3.63, 3.8) is 0 Å². The summed E-state index contributed by atoms with van der Waals surface area (Å²) in [6.45, 7) is 0.820. The van der Waals surface area contributed by atoms with Crippen molar-refractivity contribution in [1.82, 2.24) is 9.74 Å². The molecule has 0 aliphatic carbocycles. The van der Waals surface area contributed by atoms with Gasteiger partial charge in [-0.15, -0.1) is 0 Å². The van der Waals surface area contributed by atoms with Gasteiger partial charge in [-0.05, 0) is 0 Å². The number of hydrogen-bond donors (Lipinski definition) is 1. The molecule has 1 saturated heterocycles. The highest BCUT2D eigenvalue weighted by atomic mass is 35.5. The van der Waals surface area contributed by atoms with Crippen LogP contribution < -0.4 is 5.32 Å². The van der Waals surface area contributed by atoms with E-state index in [1.165, 1.54) is 0 Å². The first kappa shape index (κ1) is 6.35. The first-order chi connectivity index (χ1) is 4.22. The van der Waals surface area contributed by atoms with E-state index in [0.29, 0.717) is 13.1 Å². The van der Waals surface area contributed by atoms with Crippen molar-refractivity contribution in [2.24, 2.45) is 0 Å². The van der Waals surface area contributed by atoms with Gasteiger partial charge in [0.25, 0.3) is 0 Å². The van der Waals surface area contributed by atoms with Crippen LogP contribution in [0, 0.1) is 0 Å². The molecule has 4 nitrogen and oxygen atoms in total. The van der Waals surface area contributed by atoms with Crippen LogP contribution in [0.1, 0.15) is 0 Å². The summed E-state index contributed by atoms with van der Waals surface area (Å²) in [4.78, 5) is 20.9. The molecule has 0 saturated carbocycles. The number of nitrogens with zero attached hydrogens (tertiary/aromatic N) is 1. The third-order valence-corrected chi connectivity index (χ3v) is 1.33. The minimum absolute atomic E-state index is 0.381. The maximum absolute atomic E-state index is 10.5. The first-order valence-electron chi connectivity index (χ1n) is 2.47. The molecular formula is C4H5ClN2O2. The van der Waals surface area contributed by atoms with E-state index in [1.807, 2.05) is 0 Å². The van der Waals surface area contributed by atoms with Crippen molar-refractivity contribution in [1.29, 1.82) is 0 Å². The standard InChI is InChI=1S/C4H5ClN2O2/c5-7-2-1-6-3(8)4(7)9/h1-2H2,(H,6,8). The molecule has 1 fully saturated rings. The van der Waals surface area contributed by atoms with E-state index in [4.69, 9.17) is 11.8 Å². The Balaban J connectivity index is 2.62. The molecule has 2 amide bonds. The average molecular weight is 149 g/mol. The molecule has 0 aromatic carbocycles. The van der Waals surface area contributed by atoms with E-state index in [0.717, 1.165) is 4.42 Å². The van der Waals surface area contributed by atoms with E-state index in [2.05, 4.69) is 5.32 Å². The largest absolute Gasteiger partial charge is 0.346 e. The summed E-state index contributed by atoms with van der Waals surface area (Å²) in [6, 6.07) is 0. The van der Waals surface area contributed by atoms with Crippen molar-refractivity contribution in [2.75, 3.05) is 13.1 Å². The number of amides is 2. The minimum Gasteiger partial charge on any atom is -0.346 e. The fourth-order valence-corrected chi connectivity index (χ4v) is 0.716. The zero-order valence-corrected chi connectivity index (χ0v) is 5.31. The van der Waals surface area contributed by atoms with Gasteiger partial charge in [0.15, 0.2) is 0 Å². The molecule has 0 aromatic heterocycles. The van der Waals surface area contributed by atoms with E-state index < -0.39 is 11.8 Å². The summed E-state index contributed by atoms with van der Waals surface area (Å²) >= 11 is 5.28. The number of carbonyl (C=O) groups excluding carboxylic acids is 2. The summed E-state index contributed by atoms with van der Waals surface area (Å²) < 4.78 is 0.874. The Morgan fingerprint density at radius 2 is 2.22 bits per heavy atom. The third kappa shape index (κ3) is 1.13. The van der Waals surface area contributed by atoms with Crippen LogP contribution in [0.4, 0.5) is 0 Å². The Hall–Kier alpha value is -0.770. The summed E-state index contributed by atoms with van der Waals surface area (Å²) in [6.07, 6.45) is 0. The molecule has 0 atom stereocenters. The number of hydrogen-bond acceptors (Lipinski definition) is 2. The highest BCUT2D eigenvalue weighted by Gasteiger charge is 2.23. The Labute approximate surface area is 56.9 Å². The van der Waals surface area contributed by atoms with Gasteiger partial charge in [0.2, 0.25) is 0 Å². The zero-order chi connectivity index (χ0) is 6.85. The molecule has 1 rings (SSSR count). The van der Waals surface area contributed by atoms with Gasteiger partial charge in [-0.2, -0.15) is 0 Å². The SMILES string of the molecule is O=C1NCCN(Cl)C1=O. The van der Waals surface area contributed by atoms with E-state index in [9.17, 15) is 9.59 Å². The molecule has 1 aliphatic rings. The van der Waals surface area contributed by atoms with Gasteiger partial charge in [-0.1, -0.05) is 0 Å². The second-order valence-electron chi connectivity index (χ2n) is 1.65. The van der Waals surface area contributed by atoms with Crippen LogP contribution in [-0.2, 0) is 9.59 Å². The highest BCUT2D eigenvalue weighted by Crippen LogP contribution is 1.97. The lowest BCUT2D eigenvalue weighted by Crippen LogP contribution is -2.48. The van der Waals surface area contributed by atoms with Crippen LogP contribution in [0.5, 0.6) is 0 Å². The lowest BCUT2D eigenvalue weighted by Gasteiger charge is -2.18. The van der Waals surface area contributed by atoms with Crippen LogP contribution in [0.15, 0.2) is 0 Å². The van der Waals surface area contributed by atoms with Gasteiger partial charge in [-0.3, -0.25) is 9.59 Å². The van der Waals surface area contributed by atoms with Gasteiger partial charge in [0.05, 0.1) is 6.54 Å². The number of rotatable bonds is 0. The van der Waals surface area contributed by atoms with Crippen molar-refractivity contribution in [3.8, 4) is 0 Å². The maximum Gasteiger partial charge on any atom is 0.326 e. The lowest BCUT2D eigenvalue weighted by atomic mass is 10.4. The Morgan fingerprint density at radius 3 is 2.67 bits per heavy atom. The molecule has 0 unspecified atom stereocenters. The van der Waals surface area contributed by atoms with Crippen LogP contribution in [-0.4, -0.2) is 29.3 Å². The molecule has 1 aliphatic heterocycles. The fraction of sp³-hybridized carbons (Fsp3) is 0.500. The first-order valence-corrected chi connectivity index (χ1v) is 2.81. The number of carbonyl (C=O) groups is 2. The van der Waals surface area contributed by atoms with Gasteiger partial charge >= 0.3 is 11.8 Å². The molecule has 50 valence electrons. The average Bonchev–Trinajstić information content (AvgIpc) is 1.83. The van der Waals surface area contributed by atoms with Crippen LogP contribution in [0.3, 0.4) is 0 Å². The number of piperazine rings is 1. The maximum atomic E-state index is 10.5. The molecule has 5 heteroatoms. The molecular weight excluding hydrogens is 144 g/mol. The van der Waals surface area contributed by atoms with E-state index >= 15 is 0 Å². The molecule has 1 heterocycles. The van der Waals surface area contributed by atoms with Gasteiger partial charge in [0.1, 0.15) is 0 Å². The Kier molecular flexibility index (Phi) is 1.57. The van der Waals surface area contributed by atoms with Gasteiger partial charge in [-0.25, -0.2) is 4.42 Å². The second kappa shape index (κ2) is 2.23. The van der Waals surface area contributed by atoms with Crippen LogP contribution in [0.25, 0.3) is 0 Å². The van der Waals surface area contributed by atoms with Crippen molar-refractivity contribution < 1.29 is 9.59 Å². The normalized spacial score (nSPS) is 19.9. The number of halogens is 1. The summed E-state index contributed by atoms with van der Waals surface area (Å²) in [5.41, 5.74) is 0. The molecule has 0 bridgehead atoms. The lowest BCUT2D eigenvalue weighted by molar-refractivity contribution is -0.144. The minimum atomic E-state index is -0.678. The molecule has 9 heavy (non-hydrogen) atoms. The third-order valence-electron chi connectivity index (χ3n) is 1.01. The van der Waals surface area contributed by atoms with Crippen LogP contribution in [0.2, 0.25) is 0 Å². The predicted molar refractivity (Wildman–Crippen MR) is 30.6 cm³/mol. The van der Waals surface area contributed by atoms with E-state index in [-0.39, 0.29) is 0 Å². The van der Waals surface area contributed by atoms with Crippen molar-refractivity contribution in [2.45, 2.75) is 0 Å². The second-order valence-corrected chi connectivity index (χ2v) is 2.05. The summed E-state index contributed by atoms with van der Waals surface area (Å²) in [5.74, 6) is -1.31. The van der Waals surface area contributed by atoms with Crippen molar-refractivity contribution >= 4 is 23.6 Å². The highest BCUT2D eigenvalue weighted by molar-refractivity contribution is 6.42. The van der Waals surface area contributed by atoms with Crippen molar-refractivity contribution in [3.05, 3.63) is 0 Å². The quantitative estimate of drug-likeness (QED) is 0.358. The summed E-state index contributed by atoms with van der Waals surface area (Å²) in [7, 11) is 0. The Bertz CT molecular complexity index is 159. The zero-order valence-electron chi connectivity index (χ0n) is 4.56. The Morgan fingerprint density at radius 1 is 1.56 bits per heavy atom. The van der Waals surface area contributed by atoms with Gasteiger partial charge in [0, 0.05) is 18.3 Å². The molecule has 0 aromatic rings. The fourth-order valence-electron chi connectivity index (χ4n) is 0.555. The van der Waals surface area contributed by atoms with E-state index in [1.54, 1.807) is 0 Å². The monoisotopic (exact) mass is 148 g/mol. The topological polar surface area (TPSA) is 49.4 Å². The molecule has 1 N–H and O–H groups in total. The molecule has 0 spiro atoms. The number of nitrogens with one attached hydrogen (secondary N) is 1.